The molecule has 1 aromatic carbocycles. The molecule has 0 bridgehead atoms. The van der Waals surface area contributed by atoms with E-state index in [0.29, 0.717) is 11.4 Å². The highest BCUT2D eigenvalue weighted by molar-refractivity contribution is 9.10. The topological polar surface area (TPSA) is 53.6 Å². The van der Waals surface area contributed by atoms with E-state index in [-0.39, 0.29) is 6.03 Å². The molecular weight excluding hydrogens is 298 g/mol. The number of rotatable bonds is 3. The Bertz CT molecular complexity index is 433. The second kappa shape index (κ2) is 6.06. The molecule has 2 amide bonds. The molecule has 0 saturated carbocycles. The lowest BCUT2D eigenvalue weighted by Gasteiger charge is -2.17. The van der Waals surface area contributed by atoms with Gasteiger partial charge in [0.05, 0.1) is 12.8 Å². The normalized spacial score (nSPS) is 15.4. The Balaban J connectivity index is 1.99. The predicted octanol–water partition coefficient (Wildman–Crippen LogP) is 2.59. The standard InChI is InChI=1S/C12H16BrN3O2/c1-18-11-5-4-9(13)8-10(11)14-12(17)15-16-6-2-3-7-16/h4-5,8H,2-3,6-7H2,1H3,(H2,14,15,17). The Kier molecular flexibility index (Phi) is 4.43. The van der Waals surface area contributed by atoms with Crippen LogP contribution in [0.4, 0.5) is 10.5 Å². The molecule has 2 N–H and O–H groups in total. The summed E-state index contributed by atoms with van der Waals surface area (Å²) in [6, 6.07) is 5.23. The SMILES string of the molecule is COc1ccc(Br)cc1NC(=O)NN1CCCC1. The molecule has 0 unspecified atom stereocenters. The van der Waals surface area contributed by atoms with E-state index in [1.165, 1.54) is 0 Å². The second-order valence-corrected chi connectivity index (χ2v) is 5.02. The fraction of sp³-hybridized carbons (Fsp3) is 0.417. The number of halogens is 1. The molecule has 0 radical (unpaired) electrons. The first-order valence-corrected chi connectivity index (χ1v) is 6.64. The van der Waals surface area contributed by atoms with Crippen LogP contribution in [0.3, 0.4) is 0 Å². The van der Waals surface area contributed by atoms with Crippen LogP contribution in [0.2, 0.25) is 0 Å². The van der Waals surface area contributed by atoms with Gasteiger partial charge in [0.1, 0.15) is 5.75 Å². The van der Waals surface area contributed by atoms with Gasteiger partial charge in [0.15, 0.2) is 0 Å². The maximum absolute atomic E-state index is 11.8. The Hall–Kier alpha value is -1.27. The molecule has 6 heteroatoms. The van der Waals surface area contributed by atoms with Gasteiger partial charge in [0, 0.05) is 17.6 Å². The van der Waals surface area contributed by atoms with Crippen molar-refractivity contribution in [2.24, 2.45) is 0 Å². The number of hydrogen-bond donors (Lipinski definition) is 2. The molecule has 5 nitrogen and oxygen atoms in total. The van der Waals surface area contributed by atoms with E-state index in [9.17, 15) is 4.79 Å². The molecule has 1 fully saturated rings. The van der Waals surface area contributed by atoms with E-state index >= 15 is 0 Å². The summed E-state index contributed by atoms with van der Waals surface area (Å²) in [5, 5.41) is 4.70. The molecule has 2 rings (SSSR count). The molecule has 1 heterocycles. The van der Waals surface area contributed by atoms with Gasteiger partial charge in [0.25, 0.3) is 0 Å². The van der Waals surface area contributed by atoms with Crippen molar-refractivity contribution in [3.63, 3.8) is 0 Å². The Morgan fingerprint density at radius 3 is 2.78 bits per heavy atom. The second-order valence-electron chi connectivity index (χ2n) is 4.10. The monoisotopic (exact) mass is 313 g/mol. The van der Waals surface area contributed by atoms with Crippen molar-refractivity contribution < 1.29 is 9.53 Å². The number of benzene rings is 1. The lowest BCUT2D eigenvalue weighted by Crippen LogP contribution is -2.42. The minimum absolute atomic E-state index is 0.242. The third-order valence-electron chi connectivity index (χ3n) is 2.78. The highest BCUT2D eigenvalue weighted by atomic mass is 79.9. The van der Waals surface area contributed by atoms with Gasteiger partial charge in [-0.1, -0.05) is 15.9 Å². The number of urea groups is 1. The minimum atomic E-state index is -0.242. The fourth-order valence-corrected chi connectivity index (χ4v) is 2.26. The maximum atomic E-state index is 11.8. The first-order chi connectivity index (χ1) is 8.69. The molecule has 1 aliphatic heterocycles. The number of amides is 2. The number of carbonyl (C=O) groups is 1. The number of nitrogens with zero attached hydrogens (tertiary/aromatic N) is 1. The zero-order valence-electron chi connectivity index (χ0n) is 10.2. The number of anilines is 1. The molecule has 0 spiro atoms. The van der Waals surface area contributed by atoms with Crippen LogP contribution < -0.4 is 15.5 Å². The van der Waals surface area contributed by atoms with Crippen LogP contribution in [0.1, 0.15) is 12.8 Å². The van der Waals surface area contributed by atoms with Crippen molar-refractivity contribution in [3.8, 4) is 5.75 Å². The van der Waals surface area contributed by atoms with Gasteiger partial charge in [-0.05, 0) is 31.0 Å². The van der Waals surface area contributed by atoms with Crippen molar-refractivity contribution in [1.82, 2.24) is 10.4 Å². The largest absolute Gasteiger partial charge is 0.495 e. The van der Waals surface area contributed by atoms with Crippen LogP contribution in [-0.4, -0.2) is 31.2 Å². The Labute approximate surface area is 115 Å². The smallest absolute Gasteiger partial charge is 0.333 e. The molecule has 18 heavy (non-hydrogen) atoms. The van der Waals surface area contributed by atoms with E-state index in [2.05, 4.69) is 26.7 Å². The molecular formula is C12H16BrN3O2. The fourth-order valence-electron chi connectivity index (χ4n) is 1.90. The molecule has 0 aromatic heterocycles. The van der Waals surface area contributed by atoms with Crippen LogP contribution in [0, 0.1) is 0 Å². The van der Waals surface area contributed by atoms with Gasteiger partial charge in [0.2, 0.25) is 0 Å². The Morgan fingerprint density at radius 1 is 1.39 bits per heavy atom. The van der Waals surface area contributed by atoms with Gasteiger partial charge < -0.3 is 10.1 Å². The van der Waals surface area contributed by atoms with Crippen molar-refractivity contribution >= 4 is 27.6 Å². The average Bonchev–Trinajstić information content (AvgIpc) is 2.82. The van der Waals surface area contributed by atoms with Crippen LogP contribution in [0.25, 0.3) is 0 Å². The zero-order chi connectivity index (χ0) is 13.0. The summed E-state index contributed by atoms with van der Waals surface area (Å²) in [7, 11) is 1.58. The number of methoxy groups -OCH3 is 1. The third-order valence-corrected chi connectivity index (χ3v) is 3.27. The molecule has 0 aliphatic carbocycles. The van der Waals surface area contributed by atoms with E-state index in [0.717, 1.165) is 30.4 Å². The summed E-state index contributed by atoms with van der Waals surface area (Å²) < 4.78 is 6.08. The van der Waals surface area contributed by atoms with Crippen molar-refractivity contribution in [1.29, 1.82) is 0 Å². The molecule has 0 atom stereocenters. The predicted molar refractivity (Wildman–Crippen MR) is 73.7 cm³/mol. The van der Waals surface area contributed by atoms with Crippen LogP contribution in [0.5, 0.6) is 5.75 Å². The van der Waals surface area contributed by atoms with Crippen molar-refractivity contribution in [3.05, 3.63) is 22.7 Å². The minimum Gasteiger partial charge on any atom is -0.495 e. The summed E-state index contributed by atoms with van der Waals surface area (Å²) in [6.07, 6.45) is 2.25. The van der Waals surface area contributed by atoms with Gasteiger partial charge >= 0.3 is 6.03 Å². The summed E-state index contributed by atoms with van der Waals surface area (Å²) in [6.45, 7) is 1.81. The molecule has 1 aliphatic rings. The number of ether oxygens (including phenoxy) is 1. The summed E-state index contributed by atoms with van der Waals surface area (Å²) in [4.78, 5) is 11.8. The number of hydrazine groups is 1. The highest BCUT2D eigenvalue weighted by Gasteiger charge is 2.15. The van der Waals surface area contributed by atoms with E-state index in [1.54, 1.807) is 13.2 Å². The van der Waals surface area contributed by atoms with Crippen molar-refractivity contribution in [2.45, 2.75) is 12.8 Å². The molecule has 98 valence electrons. The van der Waals surface area contributed by atoms with Gasteiger partial charge in [-0.25, -0.2) is 9.80 Å². The summed E-state index contributed by atoms with van der Waals surface area (Å²) in [5.41, 5.74) is 3.45. The Morgan fingerprint density at radius 2 is 2.11 bits per heavy atom. The maximum Gasteiger partial charge on any atom is 0.333 e. The number of nitrogens with one attached hydrogen (secondary N) is 2. The number of hydrogen-bond acceptors (Lipinski definition) is 3. The zero-order valence-corrected chi connectivity index (χ0v) is 11.8. The summed E-state index contributed by atoms with van der Waals surface area (Å²) in [5.74, 6) is 0.634. The van der Waals surface area contributed by atoms with Gasteiger partial charge in [-0.15, -0.1) is 0 Å². The van der Waals surface area contributed by atoms with Gasteiger partial charge in [-0.2, -0.15) is 0 Å². The quantitative estimate of drug-likeness (QED) is 0.902. The van der Waals surface area contributed by atoms with Gasteiger partial charge in [-0.3, -0.25) is 5.43 Å². The van der Waals surface area contributed by atoms with E-state index in [1.807, 2.05) is 17.1 Å². The number of carbonyl (C=O) groups excluding carboxylic acids is 1. The van der Waals surface area contributed by atoms with Crippen molar-refractivity contribution in [2.75, 3.05) is 25.5 Å². The van der Waals surface area contributed by atoms with Crippen LogP contribution in [0.15, 0.2) is 22.7 Å². The lowest BCUT2D eigenvalue weighted by molar-refractivity contribution is 0.209. The molecule has 1 saturated heterocycles. The first-order valence-electron chi connectivity index (χ1n) is 5.85. The average molecular weight is 314 g/mol. The lowest BCUT2D eigenvalue weighted by atomic mass is 10.3. The van der Waals surface area contributed by atoms with E-state index in [4.69, 9.17) is 4.74 Å². The molecule has 1 aromatic rings. The highest BCUT2D eigenvalue weighted by Crippen LogP contribution is 2.27. The van der Waals surface area contributed by atoms with E-state index < -0.39 is 0 Å². The van der Waals surface area contributed by atoms with Crippen LogP contribution >= 0.6 is 15.9 Å². The first kappa shape index (κ1) is 13.2. The third kappa shape index (κ3) is 3.36. The summed E-state index contributed by atoms with van der Waals surface area (Å²) >= 11 is 3.37. The van der Waals surface area contributed by atoms with Crippen LogP contribution in [-0.2, 0) is 0 Å².